The van der Waals surface area contributed by atoms with Gasteiger partial charge >= 0.3 is 6.18 Å². The molecule has 0 unspecified atom stereocenters. The second-order valence-electron chi connectivity index (χ2n) is 7.11. The Kier molecular flexibility index (Phi) is 5.22. The summed E-state index contributed by atoms with van der Waals surface area (Å²) >= 11 is 0. The van der Waals surface area contributed by atoms with E-state index >= 15 is 0 Å². The fourth-order valence-electron chi connectivity index (χ4n) is 3.35. The predicted octanol–water partition coefficient (Wildman–Crippen LogP) is 5.42. The summed E-state index contributed by atoms with van der Waals surface area (Å²) in [6, 6.07) is 14.5. The lowest BCUT2D eigenvalue weighted by molar-refractivity contribution is -0.137. The van der Waals surface area contributed by atoms with Gasteiger partial charge in [-0.2, -0.15) is 18.3 Å². The molecule has 4 nitrogen and oxygen atoms in total. The molecule has 4 aromatic rings. The summed E-state index contributed by atoms with van der Waals surface area (Å²) in [6.45, 7) is 1.60. The molecule has 0 fully saturated rings. The second-order valence-corrected chi connectivity index (χ2v) is 7.11. The molecule has 0 saturated carbocycles. The van der Waals surface area contributed by atoms with Gasteiger partial charge in [0.2, 0.25) is 0 Å². The second kappa shape index (κ2) is 7.86. The molecule has 1 aromatic heterocycles. The van der Waals surface area contributed by atoms with Gasteiger partial charge in [-0.1, -0.05) is 18.2 Å². The quantitative estimate of drug-likeness (QED) is 0.442. The summed E-state index contributed by atoms with van der Waals surface area (Å²) in [5, 5.41) is 7.56. The lowest BCUT2D eigenvalue weighted by atomic mass is 10.1. The minimum atomic E-state index is -4.45. The Morgan fingerprint density at radius 3 is 2.58 bits per heavy atom. The summed E-state index contributed by atoms with van der Waals surface area (Å²) in [7, 11) is 0. The first-order valence-corrected chi connectivity index (χ1v) is 9.41. The summed E-state index contributed by atoms with van der Waals surface area (Å²) in [5.74, 6) is -0.757. The van der Waals surface area contributed by atoms with Crippen molar-refractivity contribution in [1.29, 1.82) is 0 Å². The Morgan fingerprint density at radius 2 is 1.84 bits per heavy atom. The highest BCUT2D eigenvalue weighted by Crippen LogP contribution is 2.29. The number of carbonyl (C=O) groups excluding carboxylic acids is 1. The molecule has 1 N–H and O–H groups in total. The van der Waals surface area contributed by atoms with Gasteiger partial charge in [0.1, 0.15) is 5.82 Å². The van der Waals surface area contributed by atoms with Crippen molar-refractivity contribution >= 4 is 16.8 Å². The number of aryl methyl sites for hydroxylation is 1. The molecule has 0 bridgehead atoms. The Hall–Kier alpha value is -3.68. The number of hydrogen-bond donors (Lipinski definition) is 1. The summed E-state index contributed by atoms with van der Waals surface area (Å²) in [6.07, 6.45) is -2.91. The number of aromatic nitrogens is 2. The Bertz CT molecular complexity index is 1280. The highest BCUT2D eigenvalue weighted by molar-refractivity contribution is 6.06. The van der Waals surface area contributed by atoms with Crippen molar-refractivity contribution in [3.63, 3.8) is 0 Å². The van der Waals surface area contributed by atoms with Crippen LogP contribution < -0.4 is 5.32 Å². The lowest BCUT2D eigenvalue weighted by Gasteiger charge is -2.10. The summed E-state index contributed by atoms with van der Waals surface area (Å²) < 4.78 is 53.8. The Labute approximate surface area is 175 Å². The van der Waals surface area contributed by atoms with Gasteiger partial charge in [0.25, 0.3) is 5.91 Å². The highest BCUT2D eigenvalue weighted by atomic mass is 19.4. The number of amides is 1. The number of hydrogen-bond acceptors (Lipinski definition) is 2. The first-order chi connectivity index (χ1) is 14.7. The van der Waals surface area contributed by atoms with Crippen LogP contribution in [0.15, 0.2) is 66.9 Å². The highest BCUT2D eigenvalue weighted by Gasteiger charge is 2.30. The van der Waals surface area contributed by atoms with E-state index in [4.69, 9.17) is 0 Å². The molecule has 1 heterocycles. The Balaban J connectivity index is 1.59. The average Bonchev–Trinajstić information content (AvgIpc) is 3.18. The van der Waals surface area contributed by atoms with E-state index in [2.05, 4.69) is 10.4 Å². The van der Waals surface area contributed by atoms with Gasteiger partial charge in [-0.25, -0.2) is 9.07 Å². The van der Waals surface area contributed by atoms with Crippen LogP contribution in [-0.4, -0.2) is 15.7 Å². The number of fused-ring (bicyclic) bond motifs is 1. The number of alkyl halides is 3. The van der Waals surface area contributed by atoms with Gasteiger partial charge in [0, 0.05) is 11.9 Å². The molecule has 0 atom stereocenters. The Morgan fingerprint density at radius 1 is 1.06 bits per heavy atom. The van der Waals surface area contributed by atoms with Crippen LogP contribution in [0.2, 0.25) is 0 Å². The van der Waals surface area contributed by atoms with E-state index < -0.39 is 17.6 Å². The van der Waals surface area contributed by atoms with Crippen LogP contribution >= 0.6 is 0 Å². The van der Waals surface area contributed by atoms with Gasteiger partial charge in [-0.05, 0) is 60.5 Å². The number of nitrogens with one attached hydrogen (secondary N) is 1. The van der Waals surface area contributed by atoms with Crippen LogP contribution in [0.1, 0.15) is 27.0 Å². The lowest BCUT2D eigenvalue weighted by Crippen LogP contribution is -2.23. The van der Waals surface area contributed by atoms with Crippen LogP contribution in [0, 0.1) is 12.7 Å². The zero-order valence-electron chi connectivity index (χ0n) is 16.4. The standard InChI is InChI=1S/C23H17F4N3O/c1-14-10-17(8-9-20(14)24)30-21-7-3-6-18(19(21)13-29-30)22(31)28-12-15-4-2-5-16(11-15)23(25,26)27/h2-11,13H,12H2,1H3,(H,28,31). The molecular formula is C23H17F4N3O. The summed E-state index contributed by atoms with van der Waals surface area (Å²) in [4.78, 5) is 12.7. The largest absolute Gasteiger partial charge is 0.416 e. The molecule has 4 rings (SSSR count). The maximum atomic E-state index is 13.6. The van der Waals surface area contributed by atoms with Crippen molar-refractivity contribution < 1.29 is 22.4 Å². The third kappa shape index (κ3) is 4.14. The van der Waals surface area contributed by atoms with Crippen LogP contribution in [0.5, 0.6) is 0 Å². The van der Waals surface area contributed by atoms with Crippen molar-refractivity contribution in [2.24, 2.45) is 0 Å². The number of rotatable bonds is 4. The third-order valence-electron chi connectivity index (χ3n) is 4.95. The zero-order chi connectivity index (χ0) is 22.2. The minimum Gasteiger partial charge on any atom is -0.348 e. The van der Waals surface area contributed by atoms with Crippen LogP contribution in [-0.2, 0) is 12.7 Å². The monoisotopic (exact) mass is 427 g/mol. The molecule has 0 spiro atoms. The predicted molar refractivity (Wildman–Crippen MR) is 108 cm³/mol. The molecule has 3 aromatic carbocycles. The minimum absolute atomic E-state index is 0.0512. The molecule has 158 valence electrons. The van der Waals surface area contributed by atoms with Crippen molar-refractivity contribution in [3.05, 3.63) is 94.9 Å². The van der Waals surface area contributed by atoms with E-state index in [0.29, 0.717) is 33.3 Å². The first kappa shape index (κ1) is 20.6. The molecule has 0 aliphatic heterocycles. The zero-order valence-corrected chi connectivity index (χ0v) is 16.4. The van der Waals surface area contributed by atoms with Gasteiger partial charge < -0.3 is 5.32 Å². The number of nitrogens with zero attached hydrogens (tertiary/aromatic N) is 2. The van der Waals surface area contributed by atoms with Crippen molar-refractivity contribution in [1.82, 2.24) is 15.1 Å². The van der Waals surface area contributed by atoms with E-state index in [0.717, 1.165) is 12.1 Å². The average molecular weight is 427 g/mol. The van der Waals surface area contributed by atoms with Gasteiger partial charge in [-0.15, -0.1) is 0 Å². The smallest absolute Gasteiger partial charge is 0.348 e. The van der Waals surface area contributed by atoms with Crippen molar-refractivity contribution in [2.45, 2.75) is 19.6 Å². The van der Waals surface area contributed by atoms with Crippen LogP contribution in [0.3, 0.4) is 0 Å². The molecule has 0 radical (unpaired) electrons. The molecule has 0 saturated heterocycles. The molecule has 8 heteroatoms. The van der Waals surface area contributed by atoms with E-state index in [9.17, 15) is 22.4 Å². The fourth-order valence-corrected chi connectivity index (χ4v) is 3.35. The van der Waals surface area contributed by atoms with E-state index in [-0.39, 0.29) is 12.4 Å². The summed E-state index contributed by atoms with van der Waals surface area (Å²) in [5.41, 5.74) is 1.68. The number of benzene rings is 3. The normalized spacial score (nSPS) is 11.6. The number of halogens is 4. The maximum Gasteiger partial charge on any atom is 0.416 e. The SMILES string of the molecule is Cc1cc(-n2ncc3c(C(=O)NCc4cccc(C(F)(F)F)c4)cccc32)ccc1F. The molecule has 31 heavy (non-hydrogen) atoms. The number of carbonyl (C=O) groups is 1. The van der Waals surface area contributed by atoms with Gasteiger partial charge in [-0.3, -0.25) is 4.79 Å². The van der Waals surface area contributed by atoms with E-state index in [1.807, 2.05) is 0 Å². The first-order valence-electron chi connectivity index (χ1n) is 9.41. The van der Waals surface area contributed by atoms with E-state index in [1.54, 1.807) is 41.9 Å². The fraction of sp³-hybridized carbons (Fsp3) is 0.130. The van der Waals surface area contributed by atoms with Crippen molar-refractivity contribution in [2.75, 3.05) is 0 Å². The molecule has 0 aliphatic rings. The van der Waals surface area contributed by atoms with E-state index in [1.165, 1.54) is 24.4 Å². The van der Waals surface area contributed by atoms with Gasteiger partial charge in [0.05, 0.1) is 28.5 Å². The van der Waals surface area contributed by atoms with Crippen molar-refractivity contribution in [3.8, 4) is 5.69 Å². The molecular weight excluding hydrogens is 410 g/mol. The molecule has 1 amide bonds. The third-order valence-corrected chi connectivity index (χ3v) is 4.95. The topological polar surface area (TPSA) is 46.9 Å². The molecule has 0 aliphatic carbocycles. The maximum absolute atomic E-state index is 13.6. The van der Waals surface area contributed by atoms with Crippen LogP contribution in [0.4, 0.5) is 17.6 Å². The van der Waals surface area contributed by atoms with Crippen LogP contribution in [0.25, 0.3) is 16.6 Å². The van der Waals surface area contributed by atoms with Gasteiger partial charge in [0.15, 0.2) is 0 Å².